The summed E-state index contributed by atoms with van der Waals surface area (Å²) in [6, 6.07) is 17.3. The van der Waals surface area contributed by atoms with Crippen LogP contribution in [0.1, 0.15) is 23.6 Å². The second-order valence-corrected chi connectivity index (χ2v) is 11.5. The summed E-state index contributed by atoms with van der Waals surface area (Å²) in [6.45, 7) is 3.26. The quantitative estimate of drug-likeness (QED) is 0.278. The highest BCUT2D eigenvalue weighted by molar-refractivity contribution is 7.89. The second kappa shape index (κ2) is 10.4. The molecule has 0 aliphatic heterocycles. The van der Waals surface area contributed by atoms with Crippen LogP contribution in [0, 0.1) is 5.92 Å². The molecule has 1 amide bonds. The molecule has 0 bridgehead atoms. The maximum absolute atomic E-state index is 12.6. The molecule has 3 aromatic carbocycles. The molecule has 11 heteroatoms. The van der Waals surface area contributed by atoms with Crippen LogP contribution in [0.2, 0.25) is 5.02 Å². The molecular formula is C25H22ClN3O5S2. The summed E-state index contributed by atoms with van der Waals surface area (Å²) in [4.78, 5) is 28.3. The van der Waals surface area contributed by atoms with E-state index in [0.29, 0.717) is 21.2 Å². The minimum Gasteiger partial charge on any atom is -0.480 e. The van der Waals surface area contributed by atoms with E-state index < -0.39 is 28.0 Å². The SMILES string of the molecule is CC(C)[C@H](NS(=O)(=O)c1ccc(-c2ccc(NC(=O)c3nc4cc(Cl)ccc4s3)cc2)cc1)C(=O)O. The topological polar surface area (TPSA) is 125 Å². The lowest BCUT2D eigenvalue weighted by Crippen LogP contribution is -2.44. The molecule has 1 aromatic heterocycles. The van der Waals surface area contributed by atoms with Crippen molar-refractivity contribution in [3.8, 4) is 11.1 Å². The molecule has 36 heavy (non-hydrogen) atoms. The van der Waals surface area contributed by atoms with E-state index in [1.807, 2.05) is 6.07 Å². The molecule has 0 radical (unpaired) electrons. The summed E-state index contributed by atoms with van der Waals surface area (Å²) in [6.07, 6.45) is 0. The van der Waals surface area contributed by atoms with Crippen molar-refractivity contribution in [2.45, 2.75) is 24.8 Å². The van der Waals surface area contributed by atoms with E-state index in [-0.39, 0.29) is 10.8 Å². The zero-order valence-corrected chi connectivity index (χ0v) is 21.6. The zero-order valence-electron chi connectivity index (χ0n) is 19.2. The summed E-state index contributed by atoms with van der Waals surface area (Å²) < 4.78 is 28.3. The molecule has 0 aliphatic rings. The number of hydrogen-bond donors (Lipinski definition) is 3. The van der Waals surface area contributed by atoms with Gasteiger partial charge in [0.1, 0.15) is 6.04 Å². The number of thiazole rings is 1. The third kappa shape index (κ3) is 5.73. The first kappa shape index (κ1) is 25.8. The van der Waals surface area contributed by atoms with Crippen molar-refractivity contribution in [3.63, 3.8) is 0 Å². The molecular weight excluding hydrogens is 522 g/mol. The molecule has 0 unspecified atom stereocenters. The van der Waals surface area contributed by atoms with Crippen LogP contribution in [0.4, 0.5) is 5.69 Å². The van der Waals surface area contributed by atoms with E-state index in [2.05, 4.69) is 15.0 Å². The number of fused-ring (bicyclic) bond motifs is 1. The molecule has 1 heterocycles. The zero-order chi connectivity index (χ0) is 26.0. The minimum absolute atomic E-state index is 0.0286. The fraction of sp³-hybridized carbons (Fsp3) is 0.160. The van der Waals surface area contributed by atoms with Crippen LogP contribution >= 0.6 is 22.9 Å². The Hall–Kier alpha value is -3.31. The molecule has 0 fully saturated rings. The maximum atomic E-state index is 12.6. The molecule has 0 spiro atoms. The van der Waals surface area contributed by atoms with Gasteiger partial charge in [-0.3, -0.25) is 9.59 Å². The van der Waals surface area contributed by atoms with E-state index in [9.17, 15) is 23.1 Å². The summed E-state index contributed by atoms with van der Waals surface area (Å²) in [5.74, 6) is -1.98. The lowest BCUT2D eigenvalue weighted by atomic mass is 10.1. The molecule has 0 saturated carbocycles. The van der Waals surface area contributed by atoms with Crippen LogP contribution in [-0.4, -0.2) is 36.4 Å². The largest absolute Gasteiger partial charge is 0.480 e. The number of amides is 1. The van der Waals surface area contributed by atoms with Gasteiger partial charge in [-0.15, -0.1) is 11.3 Å². The fourth-order valence-corrected chi connectivity index (χ4v) is 5.81. The van der Waals surface area contributed by atoms with Crippen molar-refractivity contribution in [2.75, 3.05) is 5.32 Å². The monoisotopic (exact) mass is 543 g/mol. The van der Waals surface area contributed by atoms with Crippen LogP contribution in [0.3, 0.4) is 0 Å². The Labute approximate surface area is 217 Å². The van der Waals surface area contributed by atoms with Gasteiger partial charge >= 0.3 is 5.97 Å². The molecule has 3 N–H and O–H groups in total. The first-order chi connectivity index (χ1) is 17.0. The van der Waals surface area contributed by atoms with E-state index in [1.165, 1.54) is 23.5 Å². The highest BCUT2D eigenvalue weighted by atomic mass is 35.5. The minimum atomic E-state index is -4.00. The van der Waals surface area contributed by atoms with E-state index >= 15 is 0 Å². The van der Waals surface area contributed by atoms with Gasteiger partial charge in [-0.25, -0.2) is 13.4 Å². The lowest BCUT2D eigenvalue weighted by molar-refractivity contribution is -0.140. The Morgan fingerprint density at radius 3 is 2.17 bits per heavy atom. The van der Waals surface area contributed by atoms with Crippen molar-refractivity contribution < 1.29 is 23.1 Å². The number of anilines is 1. The van der Waals surface area contributed by atoms with Gasteiger partial charge in [0.25, 0.3) is 5.91 Å². The average molecular weight is 544 g/mol. The Morgan fingerprint density at radius 1 is 0.972 bits per heavy atom. The molecule has 8 nitrogen and oxygen atoms in total. The van der Waals surface area contributed by atoms with Crippen LogP contribution in [0.25, 0.3) is 21.3 Å². The number of carbonyl (C=O) groups excluding carboxylic acids is 1. The number of aliphatic carboxylic acids is 1. The van der Waals surface area contributed by atoms with Crippen molar-refractivity contribution in [3.05, 3.63) is 76.8 Å². The average Bonchev–Trinajstić information content (AvgIpc) is 3.26. The second-order valence-electron chi connectivity index (χ2n) is 8.37. The third-order valence-electron chi connectivity index (χ3n) is 5.40. The molecule has 1 atom stereocenters. The van der Waals surface area contributed by atoms with Crippen molar-refractivity contribution in [2.24, 2.45) is 5.92 Å². The van der Waals surface area contributed by atoms with E-state index in [0.717, 1.165) is 15.8 Å². The highest BCUT2D eigenvalue weighted by Gasteiger charge is 2.28. The van der Waals surface area contributed by atoms with Gasteiger partial charge in [0.2, 0.25) is 10.0 Å². The number of nitrogens with one attached hydrogen (secondary N) is 2. The van der Waals surface area contributed by atoms with Gasteiger partial charge in [-0.2, -0.15) is 4.72 Å². The van der Waals surface area contributed by atoms with Crippen molar-refractivity contribution in [1.82, 2.24) is 9.71 Å². The smallest absolute Gasteiger partial charge is 0.322 e. The number of rotatable bonds is 8. The number of sulfonamides is 1. The molecule has 4 aromatic rings. The lowest BCUT2D eigenvalue weighted by Gasteiger charge is -2.18. The standard InChI is InChI=1S/C25H22ClN3O5S2/c1-14(2)22(25(31)32)29-36(33,34)19-10-5-16(6-11-19)15-3-8-18(9-4-15)27-23(30)24-28-20-13-17(26)7-12-21(20)35-24/h3-14,22,29H,1-2H3,(H,27,30)(H,31,32)/t22-/m0/s1. The molecule has 0 saturated heterocycles. The van der Waals surface area contributed by atoms with Crippen LogP contribution in [0.5, 0.6) is 0 Å². The number of aromatic nitrogens is 1. The number of hydrogen-bond acceptors (Lipinski definition) is 6. The molecule has 186 valence electrons. The summed E-state index contributed by atoms with van der Waals surface area (Å²) in [5.41, 5.74) is 2.81. The van der Waals surface area contributed by atoms with Crippen LogP contribution in [-0.2, 0) is 14.8 Å². The van der Waals surface area contributed by atoms with Crippen molar-refractivity contribution in [1.29, 1.82) is 0 Å². The predicted octanol–water partition coefficient (Wildman–Crippen LogP) is 5.26. The first-order valence-electron chi connectivity index (χ1n) is 10.9. The van der Waals surface area contributed by atoms with Gasteiger partial charge in [-0.05, 0) is 59.5 Å². The molecule has 4 rings (SSSR count). The number of halogens is 1. The van der Waals surface area contributed by atoms with Gasteiger partial charge in [0.05, 0.1) is 15.1 Å². The predicted molar refractivity (Wildman–Crippen MR) is 141 cm³/mol. The Bertz CT molecular complexity index is 1530. The van der Waals surface area contributed by atoms with E-state index in [1.54, 1.807) is 62.4 Å². The Balaban J connectivity index is 1.45. The van der Waals surface area contributed by atoms with Crippen LogP contribution < -0.4 is 10.0 Å². The Morgan fingerprint density at radius 2 is 1.58 bits per heavy atom. The summed E-state index contributed by atoms with van der Waals surface area (Å²) in [7, 11) is -4.00. The maximum Gasteiger partial charge on any atom is 0.322 e. The number of benzene rings is 3. The van der Waals surface area contributed by atoms with Gasteiger partial charge in [0.15, 0.2) is 5.01 Å². The summed E-state index contributed by atoms with van der Waals surface area (Å²) >= 11 is 7.26. The molecule has 0 aliphatic carbocycles. The normalized spacial score (nSPS) is 12.6. The number of carbonyl (C=O) groups is 2. The van der Waals surface area contributed by atoms with Gasteiger partial charge in [-0.1, -0.05) is 49.7 Å². The van der Waals surface area contributed by atoms with Gasteiger partial charge < -0.3 is 10.4 Å². The van der Waals surface area contributed by atoms with Gasteiger partial charge in [0, 0.05) is 10.7 Å². The number of carboxylic acids is 1. The third-order valence-corrected chi connectivity index (χ3v) is 8.13. The van der Waals surface area contributed by atoms with E-state index in [4.69, 9.17) is 11.6 Å². The number of carboxylic acid groups (broad SMARTS) is 1. The highest BCUT2D eigenvalue weighted by Crippen LogP contribution is 2.27. The first-order valence-corrected chi connectivity index (χ1v) is 13.5. The number of nitrogens with zero attached hydrogens (tertiary/aromatic N) is 1. The van der Waals surface area contributed by atoms with Crippen molar-refractivity contribution >= 4 is 60.7 Å². The van der Waals surface area contributed by atoms with Crippen LogP contribution in [0.15, 0.2) is 71.6 Å². The Kier molecular flexibility index (Phi) is 7.41. The summed E-state index contributed by atoms with van der Waals surface area (Å²) in [5, 5.41) is 13.0. The fourth-order valence-electron chi connectivity index (χ4n) is 3.46.